The minimum atomic E-state index is -0.503. The predicted molar refractivity (Wildman–Crippen MR) is 70.1 cm³/mol. The molecule has 0 spiro atoms. The molecule has 0 unspecified atom stereocenters. The number of benzene rings is 1. The van der Waals surface area contributed by atoms with Crippen LogP contribution in [0.4, 0.5) is 10.5 Å². The monoisotopic (exact) mass is 270 g/mol. The SMILES string of the molecule is CCN(C)C(=O)Nc1cc(Cl)cc(C(=O)OC)c1. The molecular weight excluding hydrogens is 256 g/mol. The van der Waals surface area contributed by atoms with Crippen LogP contribution in [0.25, 0.3) is 0 Å². The van der Waals surface area contributed by atoms with Crippen molar-refractivity contribution in [2.45, 2.75) is 6.92 Å². The standard InChI is InChI=1S/C12H15ClN2O3/c1-4-15(2)12(17)14-10-6-8(11(16)18-3)5-9(13)7-10/h5-7H,4H2,1-3H3,(H,14,17). The number of carbonyl (C=O) groups is 2. The fraction of sp³-hybridized carbons (Fsp3) is 0.333. The lowest BCUT2D eigenvalue weighted by Crippen LogP contribution is -2.31. The van der Waals surface area contributed by atoms with Crippen LogP contribution in [0.2, 0.25) is 5.02 Å². The minimum Gasteiger partial charge on any atom is -0.465 e. The van der Waals surface area contributed by atoms with E-state index in [0.717, 1.165) is 0 Å². The van der Waals surface area contributed by atoms with Crippen LogP contribution >= 0.6 is 11.6 Å². The Labute approximate surface area is 111 Å². The summed E-state index contributed by atoms with van der Waals surface area (Å²) in [5, 5.41) is 3.00. The van der Waals surface area contributed by atoms with Gasteiger partial charge in [0.05, 0.1) is 12.7 Å². The van der Waals surface area contributed by atoms with Crippen molar-refractivity contribution in [1.29, 1.82) is 0 Å². The topological polar surface area (TPSA) is 58.6 Å². The van der Waals surface area contributed by atoms with Gasteiger partial charge >= 0.3 is 12.0 Å². The van der Waals surface area contributed by atoms with E-state index in [1.54, 1.807) is 13.1 Å². The number of halogens is 1. The third-order valence-electron chi connectivity index (χ3n) is 2.39. The molecule has 6 heteroatoms. The summed E-state index contributed by atoms with van der Waals surface area (Å²) in [6.45, 7) is 2.44. The Morgan fingerprint density at radius 2 is 2.06 bits per heavy atom. The van der Waals surface area contributed by atoms with Gasteiger partial charge in [0.2, 0.25) is 0 Å². The summed E-state index contributed by atoms with van der Waals surface area (Å²) in [6.07, 6.45) is 0. The van der Waals surface area contributed by atoms with Gasteiger partial charge in [-0.3, -0.25) is 0 Å². The highest BCUT2D eigenvalue weighted by atomic mass is 35.5. The van der Waals surface area contributed by atoms with Gasteiger partial charge in [-0.25, -0.2) is 9.59 Å². The van der Waals surface area contributed by atoms with Gasteiger partial charge in [-0.15, -0.1) is 0 Å². The molecule has 18 heavy (non-hydrogen) atoms. The fourth-order valence-electron chi connectivity index (χ4n) is 1.26. The molecular formula is C12H15ClN2O3. The van der Waals surface area contributed by atoms with Crippen LogP contribution < -0.4 is 5.32 Å². The highest BCUT2D eigenvalue weighted by Gasteiger charge is 2.11. The molecule has 1 aromatic carbocycles. The molecule has 1 rings (SSSR count). The first-order valence-electron chi connectivity index (χ1n) is 5.39. The minimum absolute atomic E-state index is 0.268. The van der Waals surface area contributed by atoms with Gasteiger partial charge in [0.25, 0.3) is 0 Å². The molecule has 0 aliphatic heterocycles. The summed E-state index contributed by atoms with van der Waals surface area (Å²) in [7, 11) is 2.95. The number of esters is 1. The van der Waals surface area contributed by atoms with Crippen LogP contribution in [0, 0.1) is 0 Å². The lowest BCUT2D eigenvalue weighted by Gasteiger charge is -2.16. The third kappa shape index (κ3) is 3.63. The van der Waals surface area contributed by atoms with E-state index in [1.807, 2.05) is 6.92 Å². The van der Waals surface area contributed by atoms with Crippen molar-refractivity contribution in [3.63, 3.8) is 0 Å². The van der Waals surface area contributed by atoms with Gasteiger partial charge < -0.3 is 15.0 Å². The van der Waals surface area contributed by atoms with Gasteiger partial charge in [0.15, 0.2) is 0 Å². The second-order valence-corrected chi connectivity index (χ2v) is 4.10. The van der Waals surface area contributed by atoms with Gasteiger partial charge in [-0.1, -0.05) is 11.6 Å². The molecule has 1 N–H and O–H groups in total. The van der Waals surface area contributed by atoms with Gasteiger partial charge in [-0.05, 0) is 25.1 Å². The summed E-state index contributed by atoms with van der Waals surface area (Å²) in [5.74, 6) is -0.503. The van der Waals surface area contributed by atoms with Crippen LogP contribution in [0.15, 0.2) is 18.2 Å². The number of hydrogen-bond donors (Lipinski definition) is 1. The van der Waals surface area contributed by atoms with Crippen LogP contribution in [0.5, 0.6) is 0 Å². The third-order valence-corrected chi connectivity index (χ3v) is 2.61. The molecule has 0 atom stereocenters. The van der Waals surface area contributed by atoms with Gasteiger partial charge in [0, 0.05) is 24.3 Å². The number of nitrogens with zero attached hydrogens (tertiary/aromatic N) is 1. The van der Waals surface area contributed by atoms with Crippen LogP contribution in [-0.4, -0.2) is 37.6 Å². The van der Waals surface area contributed by atoms with E-state index >= 15 is 0 Å². The van der Waals surface area contributed by atoms with Crippen molar-refractivity contribution in [2.75, 3.05) is 26.0 Å². The second-order valence-electron chi connectivity index (χ2n) is 3.66. The lowest BCUT2D eigenvalue weighted by atomic mass is 10.2. The molecule has 0 fully saturated rings. The van der Waals surface area contributed by atoms with Crippen LogP contribution in [-0.2, 0) is 4.74 Å². The molecule has 0 saturated carbocycles. The predicted octanol–water partition coefficient (Wildman–Crippen LogP) is 2.61. The summed E-state index contributed by atoms with van der Waals surface area (Å²) in [5.41, 5.74) is 0.743. The number of carbonyl (C=O) groups excluding carboxylic acids is 2. The largest absolute Gasteiger partial charge is 0.465 e. The highest BCUT2D eigenvalue weighted by molar-refractivity contribution is 6.31. The molecule has 0 aromatic heterocycles. The van der Waals surface area contributed by atoms with Crippen molar-refractivity contribution in [3.05, 3.63) is 28.8 Å². The Morgan fingerprint density at radius 1 is 1.39 bits per heavy atom. The molecule has 0 aliphatic carbocycles. The maximum absolute atomic E-state index is 11.7. The molecule has 2 amide bonds. The number of urea groups is 1. The highest BCUT2D eigenvalue weighted by Crippen LogP contribution is 2.20. The quantitative estimate of drug-likeness (QED) is 0.859. The molecule has 1 aromatic rings. The van der Waals surface area contributed by atoms with Gasteiger partial charge in [0.1, 0.15) is 0 Å². The van der Waals surface area contributed by atoms with Crippen molar-refractivity contribution in [1.82, 2.24) is 4.90 Å². The van der Waals surface area contributed by atoms with E-state index < -0.39 is 5.97 Å². The number of anilines is 1. The first-order chi connectivity index (χ1) is 8.47. The molecule has 5 nitrogen and oxygen atoms in total. The second kappa shape index (κ2) is 6.26. The zero-order valence-corrected chi connectivity index (χ0v) is 11.2. The van der Waals surface area contributed by atoms with Crippen molar-refractivity contribution < 1.29 is 14.3 Å². The Balaban J connectivity index is 2.93. The summed E-state index contributed by atoms with van der Waals surface area (Å²) in [6, 6.07) is 4.29. The van der Waals surface area contributed by atoms with Crippen LogP contribution in [0.3, 0.4) is 0 Å². The van der Waals surface area contributed by atoms with Crippen molar-refractivity contribution in [3.8, 4) is 0 Å². The number of nitrogens with one attached hydrogen (secondary N) is 1. The molecule has 0 heterocycles. The zero-order chi connectivity index (χ0) is 13.7. The number of rotatable bonds is 3. The first-order valence-corrected chi connectivity index (χ1v) is 5.76. The van der Waals surface area contributed by atoms with Crippen molar-refractivity contribution in [2.24, 2.45) is 0 Å². The summed E-state index contributed by atoms with van der Waals surface area (Å²) < 4.78 is 4.60. The number of ether oxygens (including phenoxy) is 1. The van der Waals surface area contributed by atoms with E-state index in [9.17, 15) is 9.59 Å². The maximum atomic E-state index is 11.7. The Kier molecular flexibility index (Phi) is 4.97. The summed E-state index contributed by atoms with van der Waals surface area (Å²) >= 11 is 5.88. The molecule has 0 bridgehead atoms. The van der Waals surface area contributed by atoms with Crippen molar-refractivity contribution >= 4 is 29.3 Å². The Bertz CT molecular complexity index is 463. The fourth-order valence-corrected chi connectivity index (χ4v) is 1.50. The maximum Gasteiger partial charge on any atom is 0.337 e. The number of hydrogen-bond acceptors (Lipinski definition) is 3. The first kappa shape index (κ1) is 14.3. The van der Waals surface area contributed by atoms with E-state index in [1.165, 1.54) is 24.1 Å². The number of amides is 2. The Hall–Kier alpha value is -1.75. The van der Waals surface area contributed by atoms with Gasteiger partial charge in [-0.2, -0.15) is 0 Å². The number of methoxy groups -OCH3 is 1. The average molecular weight is 271 g/mol. The Morgan fingerprint density at radius 3 is 2.61 bits per heavy atom. The van der Waals surface area contributed by atoms with Crippen LogP contribution in [0.1, 0.15) is 17.3 Å². The molecule has 0 radical (unpaired) electrons. The van der Waals surface area contributed by atoms with E-state index in [0.29, 0.717) is 22.8 Å². The normalized spacial score (nSPS) is 9.78. The average Bonchev–Trinajstić information content (AvgIpc) is 2.35. The van der Waals surface area contributed by atoms with E-state index in [-0.39, 0.29) is 6.03 Å². The molecule has 98 valence electrons. The molecule has 0 saturated heterocycles. The molecule has 0 aliphatic rings. The van der Waals surface area contributed by atoms with E-state index in [4.69, 9.17) is 11.6 Å². The summed E-state index contributed by atoms with van der Waals surface area (Å²) in [4.78, 5) is 24.5. The van der Waals surface area contributed by atoms with E-state index in [2.05, 4.69) is 10.1 Å². The zero-order valence-electron chi connectivity index (χ0n) is 10.5. The smallest absolute Gasteiger partial charge is 0.337 e. The lowest BCUT2D eigenvalue weighted by molar-refractivity contribution is 0.0600.